The van der Waals surface area contributed by atoms with E-state index >= 15 is 4.39 Å². The first kappa shape index (κ1) is 24.4. The quantitative estimate of drug-likeness (QED) is 0.179. The second-order valence-corrected chi connectivity index (χ2v) is 8.12. The largest absolute Gasteiger partial charge is 0.429 e. The Hall–Kier alpha value is -3.74. The Morgan fingerprint density at radius 1 is 0.857 bits per heavy atom. The minimum absolute atomic E-state index is 0.116. The number of nitrogens with zero attached hydrogens (tertiary/aromatic N) is 1. The van der Waals surface area contributed by atoms with Crippen LogP contribution in [0.3, 0.4) is 0 Å². The van der Waals surface area contributed by atoms with E-state index < -0.39 is 29.8 Å². The first-order chi connectivity index (χ1) is 16.9. The number of benzene rings is 3. The number of rotatable bonds is 9. The van der Waals surface area contributed by atoms with Gasteiger partial charge in [-0.3, -0.25) is 4.98 Å². The standard InChI is InChI=1S/C28H22F5NO/c1-2-3-4-17-6-12-25(34-16-17)21-10-11-22-20(15-21)9-8-19(26(22)31)7-5-18-13-23(29)27(24(30)14-18)35-28(32)33/h2,6,8-16,28H,1,3-5,7H2. The Labute approximate surface area is 199 Å². The van der Waals surface area contributed by atoms with Crippen LogP contribution in [0.2, 0.25) is 0 Å². The fourth-order valence-electron chi connectivity index (χ4n) is 3.94. The Kier molecular flexibility index (Phi) is 7.44. The average Bonchev–Trinajstić information content (AvgIpc) is 2.84. The molecule has 0 aliphatic rings. The molecule has 2 nitrogen and oxygen atoms in total. The molecule has 1 heterocycles. The summed E-state index contributed by atoms with van der Waals surface area (Å²) in [5.74, 6) is -4.00. The summed E-state index contributed by atoms with van der Waals surface area (Å²) in [4.78, 5) is 4.51. The van der Waals surface area contributed by atoms with Crippen molar-refractivity contribution in [2.45, 2.75) is 32.3 Å². The molecule has 0 unspecified atom stereocenters. The maximum Gasteiger partial charge on any atom is 0.387 e. The van der Waals surface area contributed by atoms with Crippen LogP contribution in [0.15, 0.2) is 73.4 Å². The summed E-state index contributed by atoms with van der Waals surface area (Å²) in [6.45, 7) is 0.382. The molecule has 0 saturated heterocycles. The van der Waals surface area contributed by atoms with Crippen molar-refractivity contribution in [2.75, 3.05) is 0 Å². The van der Waals surface area contributed by atoms with Gasteiger partial charge < -0.3 is 4.74 Å². The number of fused-ring (bicyclic) bond motifs is 1. The van der Waals surface area contributed by atoms with Crippen LogP contribution in [0.1, 0.15) is 23.1 Å². The molecule has 0 radical (unpaired) electrons. The van der Waals surface area contributed by atoms with Gasteiger partial charge in [0.25, 0.3) is 0 Å². The van der Waals surface area contributed by atoms with E-state index in [4.69, 9.17) is 0 Å². The van der Waals surface area contributed by atoms with Crippen molar-refractivity contribution in [3.05, 3.63) is 108 Å². The summed E-state index contributed by atoms with van der Waals surface area (Å²) >= 11 is 0. The Morgan fingerprint density at radius 3 is 2.29 bits per heavy atom. The van der Waals surface area contributed by atoms with Crippen LogP contribution in [0.5, 0.6) is 5.75 Å². The molecule has 4 aromatic rings. The van der Waals surface area contributed by atoms with Crippen molar-refractivity contribution in [1.29, 1.82) is 0 Å². The summed E-state index contributed by atoms with van der Waals surface area (Å²) in [6, 6.07) is 14.5. The zero-order chi connectivity index (χ0) is 24.9. The van der Waals surface area contributed by atoms with Gasteiger partial charge in [0.2, 0.25) is 0 Å². The number of hydrogen-bond donors (Lipinski definition) is 0. The Morgan fingerprint density at radius 2 is 1.63 bits per heavy atom. The highest BCUT2D eigenvalue weighted by atomic mass is 19.3. The fraction of sp³-hybridized carbons (Fsp3) is 0.179. The molecule has 0 N–H and O–H groups in total. The van der Waals surface area contributed by atoms with Gasteiger partial charge in [-0.15, -0.1) is 6.58 Å². The molecule has 0 spiro atoms. The van der Waals surface area contributed by atoms with Gasteiger partial charge in [0, 0.05) is 17.1 Å². The number of aryl methyl sites for hydroxylation is 3. The van der Waals surface area contributed by atoms with Crippen LogP contribution in [0, 0.1) is 17.5 Å². The van der Waals surface area contributed by atoms with Crippen LogP contribution < -0.4 is 4.74 Å². The topological polar surface area (TPSA) is 22.1 Å². The van der Waals surface area contributed by atoms with E-state index in [9.17, 15) is 17.6 Å². The van der Waals surface area contributed by atoms with Gasteiger partial charge in [-0.2, -0.15) is 8.78 Å². The first-order valence-corrected chi connectivity index (χ1v) is 11.1. The number of halogens is 5. The molecule has 0 aliphatic carbocycles. The van der Waals surface area contributed by atoms with Crippen molar-refractivity contribution in [3.8, 4) is 17.0 Å². The monoisotopic (exact) mass is 483 g/mol. The van der Waals surface area contributed by atoms with Crippen molar-refractivity contribution in [1.82, 2.24) is 4.98 Å². The molecule has 3 aromatic carbocycles. The number of aromatic nitrogens is 1. The lowest BCUT2D eigenvalue weighted by Gasteiger charge is -2.11. The van der Waals surface area contributed by atoms with Gasteiger partial charge in [0.1, 0.15) is 5.82 Å². The van der Waals surface area contributed by atoms with E-state index in [0.29, 0.717) is 16.3 Å². The molecule has 0 amide bonds. The maximum absolute atomic E-state index is 15.2. The van der Waals surface area contributed by atoms with E-state index in [1.165, 1.54) is 0 Å². The number of allylic oxidation sites excluding steroid dienone is 1. The zero-order valence-corrected chi connectivity index (χ0v) is 18.7. The normalized spacial score (nSPS) is 11.3. The molecule has 0 bridgehead atoms. The van der Waals surface area contributed by atoms with Crippen molar-refractivity contribution in [2.24, 2.45) is 0 Å². The Balaban J connectivity index is 1.51. The molecule has 4 rings (SSSR count). The van der Waals surface area contributed by atoms with Crippen LogP contribution in [0.25, 0.3) is 22.0 Å². The SMILES string of the molecule is C=CCCc1ccc(-c2ccc3c(F)c(CCc4cc(F)c(OC(F)F)c(F)c4)ccc3c2)nc1. The summed E-state index contributed by atoms with van der Waals surface area (Å²) in [7, 11) is 0. The molecule has 0 atom stereocenters. The molecule has 35 heavy (non-hydrogen) atoms. The molecular weight excluding hydrogens is 461 g/mol. The Bertz CT molecular complexity index is 1330. The van der Waals surface area contributed by atoms with E-state index in [-0.39, 0.29) is 18.4 Å². The molecule has 180 valence electrons. The van der Waals surface area contributed by atoms with Crippen LogP contribution in [0.4, 0.5) is 22.0 Å². The lowest BCUT2D eigenvalue weighted by Crippen LogP contribution is -2.06. The molecular formula is C28H22F5NO. The number of ether oxygens (including phenoxy) is 1. The predicted molar refractivity (Wildman–Crippen MR) is 126 cm³/mol. The van der Waals surface area contributed by atoms with E-state index in [1.807, 2.05) is 30.5 Å². The average molecular weight is 483 g/mol. The van der Waals surface area contributed by atoms with E-state index in [1.54, 1.807) is 24.3 Å². The first-order valence-electron chi connectivity index (χ1n) is 11.1. The van der Waals surface area contributed by atoms with Gasteiger partial charge in [-0.1, -0.05) is 36.4 Å². The minimum atomic E-state index is -3.34. The van der Waals surface area contributed by atoms with E-state index in [2.05, 4.69) is 16.3 Å². The third-order valence-electron chi connectivity index (χ3n) is 5.74. The van der Waals surface area contributed by atoms with Crippen LogP contribution in [-0.2, 0) is 19.3 Å². The van der Waals surface area contributed by atoms with Gasteiger partial charge in [0.15, 0.2) is 17.4 Å². The predicted octanol–water partition coefficient (Wildman–Crippen LogP) is 7.82. The minimum Gasteiger partial charge on any atom is -0.429 e. The highest BCUT2D eigenvalue weighted by Gasteiger charge is 2.17. The second kappa shape index (κ2) is 10.7. The zero-order valence-electron chi connectivity index (χ0n) is 18.7. The highest BCUT2D eigenvalue weighted by molar-refractivity contribution is 5.88. The molecule has 7 heteroatoms. The summed E-state index contributed by atoms with van der Waals surface area (Å²) in [5, 5.41) is 1.12. The van der Waals surface area contributed by atoms with Crippen molar-refractivity contribution < 1.29 is 26.7 Å². The fourth-order valence-corrected chi connectivity index (χ4v) is 3.94. The number of hydrogen-bond acceptors (Lipinski definition) is 2. The molecule has 1 aromatic heterocycles. The van der Waals surface area contributed by atoms with Crippen LogP contribution >= 0.6 is 0 Å². The summed E-state index contributed by atoms with van der Waals surface area (Å²) in [6.07, 6.45) is 5.72. The van der Waals surface area contributed by atoms with Gasteiger partial charge in [-0.25, -0.2) is 13.2 Å². The lowest BCUT2D eigenvalue weighted by molar-refractivity contribution is -0.0546. The van der Waals surface area contributed by atoms with Gasteiger partial charge >= 0.3 is 6.61 Å². The highest BCUT2D eigenvalue weighted by Crippen LogP contribution is 2.29. The molecule has 0 fully saturated rings. The third-order valence-corrected chi connectivity index (χ3v) is 5.74. The second-order valence-electron chi connectivity index (χ2n) is 8.12. The van der Waals surface area contributed by atoms with Crippen molar-refractivity contribution >= 4 is 10.8 Å². The number of alkyl halides is 2. The van der Waals surface area contributed by atoms with Gasteiger partial charge in [-0.05, 0) is 72.0 Å². The molecule has 0 aliphatic heterocycles. The van der Waals surface area contributed by atoms with E-state index in [0.717, 1.165) is 41.8 Å². The summed E-state index contributed by atoms with van der Waals surface area (Å²) < 4.78 is 71.6. The maximum atomic E-state index is 15.2. The summed E-state index contributed by atoms with van der Waals surface area (Å²) in [5.41, 5.74) is 3.34. The number of pyridine rings is 1. The van der Waals surface area contributed by atoms with Crippen LogP contribution in [-0.4, -0.2) is 11.6 Å². The smallest absolute Gasteiger partial charge is 0.387 e. The molecule has 0 saturated carbocycles. The van der Waals surface area contributed by atoms with Gasteiger partial charge in [0.05, 0.1) is 5.69 Å². The third kappa shape index (κ3) is 5.67. The lowest BCUT2D eigenvalue weighted by atomic mass is 9.98. The van der Waals surface area contributed by atoms with Crippen molar-refractivity contribution in [3.63, 3.8) is 0 Å².